The van der Waals surface area contributed by atoms with Crippen LogP contribution in [0.15, 0.2) is 42.5 Å². The van der Waals surface area contributed by atoms with E-state index in [-0.39, 0.29) is 19.2 Å². The summed E-state index contributed by atoms with van der Waals surface area (Å²) in [4.78, 5) is 10.8. The molecule has 0 radical (unpaired) electrons. The van der Waals surface area contributed by atoms with Gasteiger partial charge >= 0.3 is 5.97 Å². The van der Waals surface area contributed by atoms with Crippen LogP contribution >= 0.6 is 11.6 Å². The zero-order valence-corrected chi connectivity index (χ0v) is 14.2. The van der Waals surface area contributed by atoms with Crippen molar-refractivity contribution in [3.63, 3.8) is 0 Å². The van der Waals surface area contributed by atoms with Crippen molar-refractivity contribution in [3.05, 3.63) is 58.6 Å². The maximum absolute atomic E-state index is 10.8. The van der Waals surface area contributed by atoms with Crippen LogP contribution in [0.5, 0.6) is 11.5 Å². The Hall–Kier alpha value is -2.24. The summed E-state index contributed by atoms with van der Waals surface area (Å²) in [6.07, 6.45) is -0.904. The van der Waals surface area contributed by atoms with Crippen LogP contribution in [0.2, 0.25) is 5.02 Å². The van der Waals surface area contributed by atoms with Gasteiger partial charge in [-0.15, -0.1) is 0 Å². The van der Waals surface area contributed by atoms with E-state index < -0.39 is 6.10 Å². The van der Waals surface area contributed by atoms with Crippen molar-refractivity contribution in [1.82, 2.24) is 0 Å². The molecule has 0 saturated carbocycles. The highest BCUT2D eigenvalue weighted by Gasteiger charge is 2.19. The van der Waals surface area contributed by atoms with Gasteiger partial charge in [-0.2, -0.15) is 0 Å². The molecule has 0 spiro atoms. The average Bonchev–Trinajstić information content (AvgIpc) is 2.59. The fourth-order valence-corrected chi connectivity index (χ4v) is 2.45. The first-order chi connectivity index (χ1) is 11.5. The van der Waals surface area contributed by atoms with E-state index in [0.717, 1.165) is 0 Å². The van der Waals surface area contributed by atoms with Crippen LogP contribution in [0.1, 0.15) is 24.2 Å². The zero-order valence-electron chi connectivity index (χ0n) is 13.5. The van der Waals surface area contributed by atoms with Crippen molar-refractivity contribution in [2.75, 3.05) is 20.3 Å². The van der Waals surface area contributed by atoms with Crippen molar-refractivity contribution >= 4 is 17.6 Å². The van der Waals surface area contributed by atoms with Crippen LogP contribution in [0.3, 0.4) is 0 Å². The Morgan fingerprint density at radius 1 is 1.17 bits per heavy atom. The lowest BCUT2D eigenvalue weighted by molar-refractivity contribution is -0.141. The third-order valence-electron chi connectivity index (χ3n) is 3.34. The molecule has 2 rings (SSSR count). The topological polar surface area (TPSA) is 65.0 Å². The molecule has 6 heteroatoms. The molecule has 5 nitrogen and oxygen atoms in total. The fraction of sp³-hybridized carbons (Fsp3) is 0.278. The normalized spacial score (nSPS) is 11.7. The minimum absolute atomic E-state index is 0.112. The summed E-state index contributed by atoms with van der Waals surface area (Å²) in [6.45, 7) is 1.59. The van der Waals surface area contributed by atoms with Gasteiger partial charge in [0.2, 0.25) is 0 Å². The molecule has 2 aromatic carbocycles. The van der Waals surface area contributed by atoms with Gasteiger partial charge in [0, 0.05) is 18.6 Å². The minimum Gasteiger partial charge on any atom is -0.495 e. The second-order valence-corrected chi connectivity index (χ2v) is 5.43. The molecule has 128 valence electrons. The van der Waals surface area contributed by atoms with E-state index in [0.29, 0.717) is 27.6 Å². The van der Waals surface area contributed by atoms with Crippen molar-refractivity contribution in [2.45, 2.75) is 13.0 Å². The Morgan fingerprint density at radius 3 is 2.50 bits per heavy atom. The van der Waals surface area contributed by atoms with Gasteiger partial charge < -0.3 is 19.3 Å². The van der Waals surface area contributed by atoms with Crippen molar-refractivity contribution in [2.24, 2.45) is 0 Å². The maximum atomic E-state index is 10.8. The van der Waals surface area contributed by atoms with Crippen molar-refractivity contribution in [3.8, 4) is 11.5 Å². The molecule has 24 heavy (non-hydrogen) atoms. The lowest BCUT2D eigenvalue weighted by atomic mass is 10.0. The number of rotatable bonds is 7. The number of methoxy groups -OCH3 is 1. The third-order valence-corrected chi connectivity index (χ3v) is 3.64. The molecule has 0 saturated heterocycles. The number of hydrogen-bond acceptors (Lipinski definition) is 5. The monoisotopic (exact) mass is 350 g/mol. The number of aliphatic hydroxyl groups excluding tert-OH is 1. The molecular weight excluding hydrogens is 332 g/mol. The summed E-state index contributed by atoms with van der Waals surface area (Å²) in [6, 6.07) is 12.4. The van der Waals surface area contributed by atoms with E-state index in [2.05, 4.69) is 0 Å². The van der Waals surface area contributed by atoms with Crippen molar-refractivity contribution < 1.29 is 24.1 Å². The van der Waals surface area contributed by atoms with Gasteiger partial charge in [-0.05, 0) is 11.6 Å². The highest BCUT2D eigenvalue weighted by Crippen LogP contribution is 2.37. The molecule has 0 aliphatic carbocycles. The minimum atomic E-state index is -0.904. The molecule has 0 aromatic heterocycles. The smallest absolute Gasteiger partial charge is 0.302 e. The molecule has 0 amide bonds. The maximum Gasteiger partial charge on any atom is 0.302 e. The standard InChI is InChI=1S/C18H19ClO5/c1-12(20)23-8-9-24-16-11-17(22-2)15(19)10-14(16)18(21)13-6-4-3-5-7-13/h3-7,10-11,18,21H,8-9H2,1-2H3. The number of hydrogen-bond donors (Lipinski definition) is 1. The summed E-state index contributed by atoms with van der Waals surface area (Å²) in [5, 5.41) is 11.0. The highest BCUT2D eigenvalue weighted by atomic mass is 35.5. The van der Waals surface area contributed by atoms with Crippen LogP contribution in [0.4, 0.5) is 0 Å². The summed E-state index contributed by atoms with van der Waals surface area (Å²) >= 11 is 6.17. The molecule has 0 aliphatic rings. The van der Waals surface area contributed by atoms with Crippen LogP contribution in [0.25, 0.3) is 0 Å². The Morgan fingerprint density at radius 2 is 1.88 bits per heavy atom. The molecule has 0 heterocycles. The lowest BCUT2D eigenvalue weighted by Gasteiger charge is -2.18. The summed E-state index contributed by atoms with van der Waals surface area (Å²) < 4.78 is 15.7. The Bertz CT molecular complexity index is 687. The third kappa shape index (κ3) is 4.63. The Kier molecular flexibility index (Phi) is 6.46. The quantitative estimate of drug-likeness (QED) is 0.612. The van der Waals surface area contributed by atoms with Gasteiger partial charge in [-0.3, -0.25) is 4.79 Å². The van der Waals surface area contributed by atoms with Gasteiger partial charge in [0.05, 0.1) is 12.1 Å². The Labute approximate surface area is 145 Å². The fourth-order valence-electron chi connectivity index (χ4n) is 2.20. The molecule has 1 N–H and O–H groups in total. The van der Waals surface area contributed by atoms with E-state index >= 15 is 0 Å². The molecule has 1 unspecified atom stereocenters. The number of esters is 1. The molecule has 0 fully saturated rings. The van der Waals surface area contributed by atoms with E-state index in [9.17, 15) is 9.90 Å². The summed E-state index contributed by atoms with van der Waals surface area (Å²) in [5.74, 6) is 0.472. The van der Waals surface area contributed by atoms with Gasteiger partial charge in [0.1, 0.15) is 30.8 Å². The second-order valence-electron chi connectivity index (χ2n) is 5.03. The number of benzene rings is 2. The highest BCUT2D eigenvalue weighted by molar-refractivity contribution is 6.32. The Balaban J connectivity index is 2.27. The molecule has 1 atom stereocenters. The average molecular weight is 351 g/mol. The lowest BCUT2D eigenvalue weighted by Crippen LogP contribution is -2.11. The summed E-state index contributed by atoms with van der Waals surface area (Å²) in [7, 11) is 1.50. The van der Waals surface area contributed by atoms with E-state index in [4.69, 9.17) is 25.8 Å². The van der Waals surface area contributed by atoms with Crippen LogP contribution in [-0.4, -0.2) is 31.4 Å². The molecule has 0 bridgehead atoms. The first-order valence-corrected chi connectivity index (χ1v) is 7.77. The van der Waals surface area contributed by atoms with Gasteiger partial charge in [-0.1, -0.05) is 41.9 Å². The first-order valence-electron chi connectivity index (χ1n) is 7.39. The number of aliphatic hydroxyl groups is 1. The number of halogens is 1. The first kappa shape index (κ1) is 18.1. The molecular formula is C18H19ClO5. The zero-order chi connectivity index (χ0) is 17.5. The SMILES string of the molecule is COc1cc(OCCOC(C)=O)c(C(O)c2ccccc2)cc1Cl. The van der Waals surface area contributed by atoms with Gasteiger partial charge in [0.15, 0.2) is 0 Å². The number of carbonyl (C=O) groups excluding carboxylic acids is 1. The van der Waals surface area contributed by atoms with Crippen LogP contribution in [0, 0.1) is 0 Å². The van der Waals surface area contributed by atoms with Gasteiger partial charge in [0.25, 0.3) is 0 Å². The predicted octanol–water partition coefficient (Wildman–Crippen LogP) is 3.37. The number of carbonyl (C=O) groups is 1. The predicted molar refractivity (Wildman–Crippen MR) is 90.6 cm³/mol. The van der Waals surface area contributed by atoms with E-state index in [1.165, 1.54) is 14.0 Å². The number of ether oxygens (including phenoxy) is 3. The molecule has 0 aliphatic heterocycles. The van der Waals surface area contributed by atoms with Crippen molar-refractivity contribution in [1.29, 1.82) is 0 Å². The second kappa shape index (κ2) is 8.57. The van der Waals surface area contributed by atoms with Gasteiger partial charge in [-0.25, -0.2) is 0 Å². The largest absolute Gasteiger partial charge is 0.495 e. The van der Waals surface area contributed by atoms with E-state index in [1.807, 2.05) is 30.3 Å². The van der Waals surface area contributed by atoms with Crippen LogP contribution < -0.4 is 9.47 Å². The van der Waals surface area contributed by atoms with E-state index in [1.54, 1.807) is 12.1 Å². The van der Waals surface area contributed by atoms with Crippen LogP contribution in [-0.2, 0) is 9.53 Å². The molecule has 2 aromatic rings. The summed E-state index contributed by atoms with van der Waals surface area (Å²) in [5.41, 5.74) is 1.22.